The third kappa shape index (κ3) is 7.89. The summed E-state index contributed by atoms with van der Waals surface area (Å²) in [5, 5.41) is 30.4. The molecule has 0 bridgehead atoms. The van der Waals surface area contributed by atoms with E-state index in [1.54, 1.807) is 22.8 Å². The average Bonchev–Trinajstić information content (AvgIpc) is 3.87. The normalized spacial score (nSPS) is 11.9. The van der Waals surface area contributed by atoms with Gasteiger partial charge in [-0.1, -0.05) is 66.7 Å². The Hall–Kier alpha value is -9.26. The summed E-state index contributed by atoms with van der Waals surface area (Å²) < 4.78 is 90.7. The van der Waals surface area contributed by atoms with Gasteiger partial charge >= 0.3 is 12.4 Å². The lowest BCUT2D eigenvalue weighted by Crippen LogP contribution is -2.08. The number of fused-ring (bicyclic) bond motifs is 6. The Balaban J connectivity index is 1.33. The predicted octanol–water partition coefficient (Wildman–Crippen LogP) is 17.1. The van der Waals surface area contributed by atoms with Crippen molar-refractivity contribution >= 4 is 66.4 Å². The second-order valence-corrected chi connectivity index (χ2v) is 17.8. The molecule has 0 aliphatic carbocycles. The lowest BCUT2D eigenvalue weighted by molar-refractivity contribution is -0.138. The van der Waals surface area contributed by atoms with E-state index in [1.807, 2.05) is 129 Å². The van der Waals surface area contributed by atoms with E-state index in [0.29, 0.717) is 39.2 Å². The number of nitrogens with one attached hydrogen (secondary N) is 2. The molecule has 0 saturated heterocycles. The Labute approximate surface area is 408 Å². The molecule has 0 unspecified atom stereocenters. The molecule has 11 rings (SSSR count). The van der Waals surface area contributed by atoms with Crippen LogP contribution in [0.1, 0.15) is 33.4 Å². The number of alkyl halides is 6. The van der Waals surface area contributed by atoms with Gasteiger partial charge in [-0.25, -0.2) is 0 Å². The van der Waals surface area contributed by atoms with Crippen molar-refractivity contribution in [1.29, 1.82) is 10.5 Å². The van der Waals surface area contributed by atoms with Crippen LogP contribution in [0, 0.1) is 36.5 Å². The third-order valence-electron chi connectivity index (χ3n) is 13.1. The summed E-state index contributed by atoms with van der Waals surface area (Å²) in [6.45, 7) is 3.74. The first-order valence-electron chi connectivity index (χ1n) is 22.8. The van der Waals surface area contributed by atoms with Crippen molar-refractivity contribution < 1.29 is 26.3 Å². The summed E-state index contributed by atoms with van der Waals surface area (Å²) in [7, 11) is 0. The number of hydrogen-bond acceptors (Lipinski definition) is 4. The second-order valence-electron chi connectivity index (χ2n) is 17.8. The summed E-state index contributed by atoms with van der Waals surface area (Å²) in [5.41, 5.74) is 8.25. The molecular weight excluding hydrogens is 919 g/mol. The highest BCUT2D eigenvalue weighted by Crippen LogP contribution is 2.49. The SMILES string of the molecule is Cc1ccc(-c2ccc(-n3c4ccc(C(F)(F)F)cc4c4cc(C(F)(F)F)ccc43)c(-c3ccc(C)cc3C#N)c2-n2c3ccc(Nc4ccccc4)cc3c3cc(Nc4ccccc4)ccc32)c(C#N)c1. The van der Waals surface area contributed by atoms with Gasteiger partial charge in [0.25, 0.3) is 0 Å². The maximum absolute atomic E-state index is 14.5. The van der Waals surface area contributed by atoms with Crippen molar-refractivity contribution in [2.24, 2.45) is 0 Å². The van der Waals surface area contributed by atoms with Crippen LogP contribution in [0.4, 0.5) is 49.1 Å². The number of anilines is 4. The quantitative estimate of drug-likeness (QED) is 0.149. The number of hydrogen-bond donors (Lipinski definition) is 2. The molecule has 0 aliphatic heterocycles. The minimum absolute atomic E-state index is 0.0500. The van der Waals surface area contributed by atoms with Crippen molar-refractivity contribution in [3.8, 4) is 45.8 Å². The Bertz CT molecular complexity index is 3890. The Kier molecular flexibility index (Phi) is 10.9. The molecule has 0 fully saturated rings. The van der Waals surface area contributed by atoms with Gasteiger partial charge in [-0.05, 0) is 140 Å². The van der Waals surface area contributed by atoms with E-state index < -0.39 is 23.5 Å². The first-order valence-corrected chi connectivity index (χ1v) is 22.8. The van der Waals surface area contributed by atoms with Crippen LogP contribution < -0.4 is 10.6 Å². The lowest BCUT2D eigenvalue weighted by atomic mass is 9.89. The van der Waals surface area contributed by atoms with Crippen LogP contribution >= 0.6 is 0 Å². The van der Waals surface area contributed by atoms with Gasteiger partial charge < -0.3 is 19.8 Å². The summed E-state index contributed by atoms with van der Waals surface area (Å²) in [5.74, 6) is 0. The molecule has 350 valence electrons. The topological polar surface area (TPSA) is 81.5 Å². The van der Waals surface area contributed by atoms with Gasteiger partial charge in [-0.15, -0.1) is 0 Å². The van der Waals surface area contributed by atoms with Crippen molar-refractivity contribution in [3.05, 3.63) is 215 Å². The fraction of sp³-hybridized carbons (Fsp3) is 0.0667. The number of nitrogens with zero attached hydrogens (tertiary/aromatic N) is 4. The van der Waals surface area contributed by atoms with Crippen LogP contribution in [-0.4, -0.2) is 9.13 Å². The number of halogens is 6. The largest absolute Gasteiger partial charge is 0.416 e. The van der Waals surface area contributed by atoms with Gasteiger partial charge in [0.05, 0.1) is 67.8 Å². The molecule has 6 nitrogen and oxygen atoms in total. The summed E-state index contributed by atoms with van der Waals surface area (Å²) >= 11 is 0. The Morgan fingerprint density at radius 1 is 0.403 bits per heavy atom. The standard InChI is InChI=1S/C60H38F6N6/c1-35-13-19-45(37(27-35)33-67)47-21-26-56(71-52-22-15-39(59(61,62)63)29-48(52)49-30-40(60(64,65)66)16-23-53(49)71)57(46-20-14-36(2)28-38(46)34-68)58(47)72-54-24-17-43(69-41-9-5-3-6-10-41)31-50(54)51-32-44(18-25-55(51)72)70-42-11-7-4-8-12-42/h3-32,69-70H,1-2H3. The highest BCUT2D eigenvalue weighted by atomic mass is 19.4. The highest BCUT2D eigenvalue weighted by molar-refractivity contribution is 6.14. The zero-order valence-electron chi connectivity index (χ0n) is 38.4. The van der Waals surface area contributed by atoms with Gasteiger partial charge in [0.2, 0.25) is 0 Å². The maximum Gasteiger partial charge on any atom is 0.416 e. The minimum atomic E-state index is -4.80. The van der Waals surface area contributed by atoms with E-state index in [-0.39, 0.29) is 27.4 Å². The number of benzene rings is 9. The average molecular weight is 957 g/mol. The van der Waals surface area contributed by atoms with Crippen LogP contribution in [0.15, 0.2) is 182 Å². The summed E-state index contributed by atoms with van der Waals surface area (Å²) in [6, 6.07) is 57.0. The summed E-state index contributed by atoms with van der Waals surface area (Å²) in [6.07, 6.45) is -9.60. The predicted molar refractivity (Wildman–Crippen MR) is 274 cm³/mol. The van der Waals surface area contributed by atoms with Gasteiger partial charge in [0.1, 0.15) is 0 Å². The second kappa shape index (κ2) is 17.3. The molecule has 2 aromatic heterocycles. The minimum Gasteiger partial charge on any atom is -0.356 e. The van der Waals surface area contributed by atoms with Crippen LogP contribution in [0.5, 0.6) is 0 Å². The van der Waals surface area contributed by atoms with Crippen LogP contribution in [0.3, 0.4) is 0 Å². The molecular formula is C60H38F6N6. The van der Waals surface area contributed by atoms with Gasteiger partial charge in [-0.2, -0.15) is 36.9 Å². The van der Waals surface area contributed by atoms with Crippen molar-refractivity contribution in [1.82, 2.24) is 9.13 Å². The van der Waals surface area contributed by atoms with E-state index in [0.717, 1.165) is 79.9 Å². The zero-order chi connectivity index (χ0) is 50.1. The first-order chi connectivity index (χ1) is 34.7. The number of aryl methyl sites for hydroxylation is 2. The van der Waals surface area contributed by atoms with E-state index in [9.17, 15) is 36.9 Å². The van der Waals surface area contributed by atoms with Crippen LogP contribution in [0.2, 0.25) is 0 Å². The van der Waals surface area contributed by atoms with Gasteiger partial charge in [0, 0.05) is 66.5 Å². The lowest BCUT2D eigenvalue weighted by Gasteiger charge is -2.24. The first kappa shape index (κ1) is 45.2. The highest BCUT2D eigenvalue weighted by Gasteiger charge is 2.34. The Morgan fingerprint density at radius 3 is 1.29 bits per heavy atom. The number of rotatable bonds is 8. The monoisotopic (exact) mass is 956 g/mol. The van der Waals surface area contributed by atoms with Gasteiger partial charge in [-0.3, -0.25) is 0 Å². The van der Waals surface area contributed by atoms with Crippen LogP contribution in [0.25, 0.3) is 77.2 Å². The Morgan fingerprint density at radius 2 is 0.819 bits per heavy atom. The molecule has 0 aliphatic rings. The fourth-order valence-corrected chi connectivity index (χ4v) is 9.87. The molecule has 0 spiro atoms. The van der Waals surface area contributed by atoms with Crippen molar-refractivity contribution in [2.75, 3.05) is 10.6 Å². The van der Waals surface area contributed by atoms with E-state index in [2.05, 4.69) is 39.5 Å². The number of para-hydroxylation sites is 2. The molecule has 0 saturated carbocycles. The molecule has 0 atom stereocenters. The van der Waals surface area contributed by atoms with Crippen molar-refractivity contribution in [2.45, 2.75) is 26.2 Å². The molecule has 0 radical (unpaired) electrons. The molecule has 2 heterocycles. The number of nitriles is 2. The van der Waals surface area contributed by atoms with Crippen LogP contribution in [-0.2, 0) is 12.4 Å². The molecule has 11 aromatic rings. The maximum atomic E-state index is 14.5. The fourth-order valence-electron chi connectivity index (χ4n) is 9.87. The van der Waals surface area contributed by atoms with Crippen molar-refractivity contribution in [3.63, 3.8) is 0 Å². The number of aromatic nitrogens is 2. The van der Waals surface area contributed by atoms with E-state index >= 15 is 0 Å². The smallest absolute Gasteiger partial charge is 0.356 e. The summed E-state index contributed by atoms with van der Waals surface area (Å²) in [4.78, 5) is 0. The molecule has 0 amide bonds. The van der Waals surface area contributed by atoms with E-state index in [1.165, 1.54) is 12.1 Å². The van der Waals surface area contributed by atoms with Gasteiger partial charge in [0.15, 0.2) is 0 Å². The third-order valence-corrected chi connectivity index (χ3v) is 13.1. The van der Waals surface area contributed by atoms with E-state index in [4.69, 9.17) is 0 Å². The molecule has 2 N–H and O–H groups in total. The molecule has 9 aromatic carbocycles. The molecule has 12 heteroatoms. The molecule has 72 heavy (non-hydrogen) atoms. The zero-order valence-corrected chi connectivity index (χ0v) is 38.4.